The maximum absolute atomic E-state index is 13.4. The van der Waals surface area contributed by atoms with Crippen molar-refractivity contribution in [2.75, 3.05) is 13.1 Å². The molecule has 0 radical (unpaired) electrons. The van der Waals surface area contributed by atoms with Crippen molar-refractivity contribution >= 4 is 10.9 Å². The molecule has 0 spiro atoms. The molecule has 4 heteroatoms. The van der Waals surface area contributed by atoms with Gasteiger partial charge in [0.1, 0.15) is 11.6 Å². The van der Waals surface area contributed by atoms with Crippen molar-refractivity contribution in [3.05, 3.63) is 36.0 Å². The third-order valence-corrected chi connectivity index (χ3v) is 3.26. The lowest BCUT2D eigenvalue weighted by Gasteiger charge is -2.07. The Kier molecular flexibility index (Phi) is 2.73. The summed E-state index contributed by atoms with van der Waals surface area (Å²) >= 11 is 0. The molecule has 0 unspecified atom stereocenters. The number of halogens is 1. The van der Waals surface area contributed by atoms with Gasteiger partial charge in [0.05, 0.1) is 10.9 Å². The predicted molar refractivity (Wildman–Crippen MR) is 64.2 cm³/mol. The van der Waals surface area contributed by atoms with Crippen LogP contribution < -0.4 is 5.32 Å². The van der Waals surface area contributed by atoms with E-state index in [0.717, 1.165) is 25.3 Å². The number of aromatic nitrogens is 2. The molecule has 1 aliphatic heterocycles. The summed E-state index contributed by atoms with van der Waals surface area (Å²) in [7, 11) is 0. The van der Waals surface area contributed by atoms with E-state index in [4.69, 9.17) is 0 Å². The van der Waals surface area contributed by atoms with E-state index in [1.807, 2.05) is 6.07 Å². The Morgan fingerprint density at radius 3 is 3.18 bits per heavy atom. The molecule has 1 atom stereocenters. The van der Waals surface area contributed by atoms with E-state index < -0.39 is 0 Å². The molecule has 1 aromatic carbocycles. The summed E-state index contributed by atoms with van der Waals surface area (Å²) in [6, 6.07) is 4.95. The van der Waals surface area contributed by atoms with Gasteiger partial charge >= 0.3 is 0 Å². The molecule has 17 heavy (non-hydrogen) atoms. The van der Waals surface area contributed by atoms with Crippen LogP contribution >= 0.6 is 0 Å². The zero-order valence-electron chi connectivity index (χ0n) is 9.49. The highest BCUT2D eigenvalue weighted by Crippen LogP contribution is 2.17. The Hall–Kier alpha value is -1.55. The van der Waals surface area contributed by atoms with Crippen LogP contribution in [0.4, 0.5) is 4.39 Å². The largest absolute Gasteiger partial charge is 0.316 e. The van der Waals surface area contributed by atoms with E-state index in [9.17, 15) is 4.39 Å². The van der Waals surface area contributed by atoms with Crippen LogP contribution in [0.1, 0.15) is 12.2 Å². The van der Waals surface area contributed by atoms with Crippen LogP contribution in [-0.4, -0.2) is 23.1 Å². The SMILES string of the molecule is Fc1cccc2nc(C[C@@H]3CCNC3)ncc12. The lowest BCUT2D eigenvalue weighted by atomic mass is 10.0. The molecule has 88 valence electrons. The van der Waals surface area contributed by atoms with Gasteiger partial charge in [-0.15, -0.1) is 0 Å². The molecular weight excluding hydrogens is 217 g/mol. The lowest BCUT2D eigenvalue weighted by molar-refractivity contribution is 0.562. The first-order valence-electron chi connectivity index (χ1n) is 5.94. The molecule has 1 aliphatic rings. The first-order chi connectivity index (χ1) is 8.33. The number of nitrogens with zero attached hydrogens (tertiary/aromatic N) is 2. The quantitative estimate of drug-likeness (QED) is 0.858. The molecule has 2 aromatic rings. The molecule has 1 aromatic heterocycles. The summed E-state index contributed by atoms with van der Waals surface area (Å²) in [4.78, 5) is 8.67. The fourth-order valence-corrected chi connectivity index (χ4v) is 2.30. The highest BCUT2D eigenvalue weighted by atomic mass is 19.1. The normalized spacial score (nSPS) is 19.9. The molecule has 0 bridgehead atoms. The van der Waals surface area contributed by atoms with Gasteiger partial charge in [0.2, 0.25) is 0 Å². The van der Waals surface area contributed by atoms with Crippen molar-refractivity contribution in [2.45, 2.75) is 12.8 Å². The van der Waals surface area contributed by atoms with E-state index in [2.05, 4.69) is 15.3 Å². The van der Waals surface area contributed by atoms with Crippen LogP contribution in [0.25, 0.3) is 10.9 Å². The predicted octanol–water partition coefficient (Wildman–Crippen LogP) is 1.92. The molecule has 0 amide bonds. The van der Waals surface area contributed by atoms with Crippen molar-refractivity contribution in [3.63, 3.8) is 0 Å². The van der Waals surface area contributed by atoms with Crippen molar-refractivity contribution in [2.24, 2.45) is 5.92 Å². The number of benzene rings is 1. The van der Waals surface area contributed by atoms with E-state index in [0.29, 0.717) is 16.8 Å². The fourth-order valence-electron chi connectivity index (χ4n) is 2.30. The molecule has 0 saturated carbocycles. The second kappa shape index (κ2) is 4.37. The highest BCUT2D eigenvalue weighted by molar-refractivity contribution is 5.78. The van der Waals surface area contributed by atoms with Crippen molar-refractivity contribution in [3.8, 4) is 0 Å². The minimum absolute atomic E-state index is 0.253. The molecule has 3 rings (SSSR count). The first kappa shape index (κ1) is 10.6. The van der Waals surface area contributed by atoms with Gasteiger partial charge in [-0.1, -0.05) is 6.07 Å². The zero-order chi connectivity index (χ0) is 11.7. The molecule has 1 saturated heterocycles. The van der Waals surface area contributed by atoms with E-state index >= 15 is 0 Å². The molecule has 3 nitrogen and oxygen atoms in total. The van der Waals surface area contributed by atoms with Crippen molar-refractivity contribution in [1.29, 1.82) is 0 Å². The van der Waals surface area contributed by atoms with Gasteiger partial charge < -0.3 is 5.32 Å². The van der Waals surface area contributed by atoms with Gasteiger partial charge in [-0.05, 0) is 37.6 Å². The van der Waals surface area contributed by atoms with Gasteiger partial charge in [0.15, 0.2) is 0 Å². The summed E-state index contributed by atoms with van der Waals surface area (Å²) < 4.78 is 13.4. The van der Waals surface area contributed by atoms with Crippen LogP contribution in [0.15, 0.2) is 24.4 Å². The standard InChI is InChI=1S/C13H14FN3/c14-11-2-1-3-12-10(11)8-16-13(17-12)6-9-4-5-15-7-9/h1-3,8-9,15H,4-7H2/t9-/m0/s1. The minimum Gasteiger partial charge on any atom is -0.316 e. The van der Waals surface area contributed by atoms with Gasteiger partial charge in [0, 0.05) is 12.6 Å². The Balaban J connectivity index is 1.90. The Morgan fingerprint density at radius 2 is 2.35 bits per heavy atom. The van der Waals surface area contributed by atoms with Crippen molar-refractivity contribution < 1.29 is 4.39 Å². The Bertz CT molecular complexity index is 535. The number of hydrogen-bond acceptors (Lipinski definition) is 3. The van der Waals surface area contributed by atoms with Gasteiger partial charge in [0.25, 0.3) is 0 Å². The molecule has 0 aliphatic carbocycles. The van der Waals surface area contributed by atoms with E-state index in [1.54, 1.807) is 12.3 Å². The minimum atomic E-state index is -0.253. The number of hydrogen-bond donors (Lipinski definition) is 1. The average Bonchev–Trinajstić information content (AvgIpc) is 2.82. The fraction of sp³-hybridized carbons (Fsp3) is 0.385. The Morgan fingerprint density at radius 1 is 1.41 bits per heavy atom. The third-order valence-electron chi connectivity index (χ3n) is 3.26. The number of nitrogens with one attached hydrogen (secondary N) is 1. The summed E-state index contributed by atoms with van der Waals surface area (Å²) in [5, 5.41) is 3.82. The second-order valence-corrected chi connectivity index (χ2v) is 4.52. The maximum Gasteiger partial charge on any atom is 0.134 e. The van der Waals surface area contributed by atoms with Crippen LogP contribution in [0.5, 0.6) is 0 Å². The topological polar surface area (TPSA) is 37.8 Å². The molecule has 1 fully saturated rings. The monoisotopic (exact) mass is 231 g/mol. The van der Waals surface area contributed by atoms with Gasteiger partial charge in [-0.3, -0.25) is 0 Å². The van der Waals surface area contributed by atoms with Crippen molar-refractivity contribution in [1.82, 2.24) is 15.3 Å². The third kappa shape index (κ3) is 2.13. The van der Waals surface area contributed by atoms with Gasteiger partial charge in [-0.25, -0.2) is 14.4 Å². The van der Waals surface area contributed by atoms with Crippen LogP contribution in [0.2, 0.25) is 0 Å². The van der Waals surface area contributed by atoms with E-state index in [1.165, 1.54) is 12.5 Å². The maximum atomic E-state index is 13.4. The average molecular weight is 231 g/mol. The smallest absolute Gasteiger partial charge is 0.134 e. The molecule has 2 heterocycles. The van der Waals surface area contributed by atoms with E-state index in [-0.39, 0.29) is 5.82 Å². The molecular formula is C13H14FN3. The molecule has 1 N–H and O–H groups in total. The summed E-state index contributed by atoms with van der Waals surface area (Å²) in [5.74, 6) is 1.18. The Labute approximate surface area is 99.1 Å². The van der Waals surface area contributed by atoms with Crippen LogP contribution in [0, 0.1) is 11.7 Å². The number of fused-ring (bicyclic) bond motifs is 1. The van der Waals surface area contributed by atoms with Crippen LogP contribution in [-0.2, 0) is 6.42 Å². The number of rotatable bonds is 2. The summed E-state index contributed by atoms with van der Waals surface area (Å²) in [5.41, 5.74) is 0.695. The highest BCUT2D eigenvalue weighted by Gasteiger charge is 2.16. The second-order valence-electron chi connectivity index (χ2n) is 4.52. The van der Waals surface area contributed by atoms with Crippen LogP contribution in [0.3, 0.4) is 0 Å². The van der Waals surface area contributed by atoms with Gasteiger partial charge in [-0.2, -0.15) is 0 Å². The zero-order valence-corrected chi connectivity index (χ0v) is 9.49. The first-order valence-corrected chi connectivity index (χ1v) is 5.94. The lowest BCUT2D eigenvalue weighted by Crippen LogP contribution is -2.12. The summed E-state index contributed by atoms with van der Waals surface area (Å²) in [6.07, 6.45) is 3.64. The summed E-state index contributed by atoms with van der Waals surface area (Å²) in [6.45, 7) is 2.11.